The van der Waals surface area contributed by atoms with Gasteiger partial charge in [0.2, 0.25) is 0 Å². The van der Waals surface area contributed by atoms with Gasteiger partial charge >= 0.3 is 5.97 Å². The average Bonchev–Trinajstić information content (AvgIpc) is 3.90. The molecule has 2 aromatic heterocycles. The van der Waals surface area contributed by atoms with E-state index in [0.717, 1.165) is 90.9 Å². The molecule has 9 rings (SSSR count). The monoisotopic (exact) mass is 931 g/mol. The van der Waals surface area contributed by atoms with Crippen LogP contribution in [0.5, 0.6) is 0 Å². The van der Waals surface area contributed by atoms with Gasteiger partial charge in [0.15, 0.2) is 0 Å². The summed E-state index contributed by atoms with van der Waals surface area (Å²) in [5.41, 5.74) is 13.7. The lowest BCUT2D eigenvalue weighted by molar-refractivity contribution is -0.134. The van der Waals surface area contributed by atoms with Crippen molar-refractivity contribution in [1.82, 2.24) is 19.1 Å². The topological polar surface area (TPSA) is 85.0 Å². The lowest BCUT2D eigenvalue weighted by Crippen LogP contribution is -2.12. The smallest absolute Gasteiger partial charge is 0.322 e. The van der Waals surface area contributed by atoms with Crippen LogP contribution in [0.4, 0.5) is 5.69 Å². The van der Waals surface area contributed by atoms with Gasteiger partial charge in [0.05, 0.1) is 22.8 Å². The number of aromatic nitrogens is 4. The van der Waals surface area contributed by atoms with E-state index in [-0.39, 0.29) is 6.54 Å². The van der Waals surface area contributed by atoms with Crippen molar-refractivity contribution < 1.29 is 9.90 Å². The van der Waals surface area contributed by atoms with E-state index in [1.165, 1.54) is 11.3 Å². The molecule has 330 valence electrons. The largest absolute Gasteiger partial charge is 0.480 e. The lowest BCUT2D eigenvalue weighted by atomic mass is 9.98. The third-order valence-electron chi connectivity index (χ3n) is 11.1. The van der Waals surface area contributed by atoms with Crippen LogP contribution in [0, 0.1) is 11.8 Å². The van der Waals surface area contributed by atoms with Gasteiger partial charge < -0.3 is 19.6 Å². The zero-order chi connectivity index (χ0) is 46.0. The molecule has 0 aliphatic carbocycles. The summed E-state index contributed by atoms with van der Waals surface area (Å²) < 4.78 is 5.79. The number of carboxylic acids is 1. The zero-order valence-electron chi connectivity index (χ0n) is 37.8. The summed E-state index contributed by atoms with van der Waals surface area (Å²) in [5, 5.41) is 12.1. The second-order valence-electron chi connectivity index (χ2n) is 17.1. The normalized spacial score (nSPS) is 11.1. The third kappa shape index (κ3) is 10.5. The number of benzene rings is 7. The summed E-state index contributed by atoms with van der Waals surface area (Å²) in [7, 11) is 0. The molecule has 0 saturated carbocycles. The maximum Gasteiger partial charge on any atom is 0.322 e. The van der Waals surface area contributed by atoms with Crippen molar-refractivity contribution in [3.05, 3.63) is 199 Å². The first kappa shape index (κ1) is 45.3. The molecular formula is C58H54BrN5O2. The van der Waals surface area contributed by atoms with E-state index < -0.39 is 5.97 Å². The van der Waals surface area contributed by atoms with E-state index in [1.807, 2.05) is 54.6 Å². The Morgan fingerprint density at radius 3 is 1.35 bits per heavy atom. The number of hydrogen-bond acceptors (Lipinski definition) is 4. The predicted octanol–water partition coefficient (Wildman–Crippen LogP) is 15.0. The first-order chi connectivity index (χ1) is 32.2. The highest BCUT2D eigenvalue weighted by Gasteiger charge is 2.25. The highest BCUT2D eigenvalue weighted by atomic mass is 79.9. The first-order valence-electron chi connectivity index (χ1n) is 22.5. The van der Waals surface area contributed by atoms with Crippen LogP contribution >= 0.6 is 15.9 Å². The van der Waals surface area contributed by atoms with Crippen molar-refractivity contribution in [3.63, 3.8) is 0 Å². The van der Waals surface area contributed by atoms with Gasteiger partial charge in [-0.25, -0.2) is 9.97 Å². The standard InChI is InChI=1S/C33H31N3O2.C25H23BrN2/c1-23(2)22-36-32(25-14-7-4-8-15-25)31(24-12-5-3-6-13-24)35-33(36)29-19-10-9-18-28(29)26-16-11-17-27(20-26)34-21-30(37)38;1-18(2)17-28-24(20-13-7-4-8-14-20)23(19-11-5-3-6-12-19)27-25(28)21-15-9-10-16-22(21)26/h3-20,23,34H,21-22H2,1-2H3,(H,37,38);3-16,18H,17H2,1-2H3. The molecule has 0 amide bonds. The number of imidazole rings is 2. The Labute approximate surface area is 396 Å². The summed E-state index contributed by atoms with van der Waals surface area (Å²) in [6, 6.07) is 66.4. The fraction of sp³-hybridized carbons (Fsp3) is 0.155. The molecular weight excluding hydrogens is 879 g/mol. The molecule has 7 aromatic carbocycles. The van der Waals surface area contributed by atoms with Gasteiger partial charge in [0, 0.05) is 56.6 Å². The van der Waals surface area contributed by atoms with Gasteiger partial charge in [0.25, 0.3) is 0 Å². The number of rotatable bonds is 14. The summed E-state index contributed by atoms with van der Waals surface area (Å²) in [6.45, 7) is 10.5. The van der Waals surface area contributed by atoms with Gasteiger partial charge in [-0.2, -0.15) is 0 Å². The number of carboxylic acid groups (broad SMARTS) is 1. The Kier molecular flexibility index (Phi) is 14.5. The summed E-state index contributed by atoms with van der Waals surface area (Å²) in [5.74, 6) is 1.93. The minimum atomic E-state index is -0.895. The highest BCUT2D eigenvalue weighted by Crippen LogP contribution is 2.41. The van der Waals surface area contributed by atoms with Gasteiger partial charge in [0.1, 0.15) is 18.2 Å². The molecule has 0 unspecified atom stereocenters. The van der Waals surface area contributed by atoms with Crippen molar-refractivity contribution in [1.29, 1.82) is 0 Å². The minimum absolute atomic E-state index is 0.134. The van der Waals surface area contributed by atoms with E-state index in [9.17, 15) is 4.79 Å². The summed E-state index contributed by atoms with van der Waals surface area (Å²) in [4.78, 5) is 21.6. The van der Waals surface area contributed by atoms with E-state index in [4.69, 9.17) is 15.1 Å². The quantitative estimate of drug-likeness (QED) is 0.113. The Bertz CT molecular complexity index is 3020. The minimum Gasteiger partial charge on any atom is -0.480 e. The van der Waals surface area contributed by atoms with Crippen LogP contribution in [0.15, 0.2) is 199 Å². The Balaban J connectivity index is 0.000000188. The summed E-state index contributed by atoms with van der Waals surface area (Å²) in [6.07, 6.45) is 0. The molecule has 8 heteroatoms. The summed E-state index contributed by atoms with van der Waals surface area (Å²) >= 11 is 3.73. The Morgan fingerprint density at radius 1 is 0.500 bits per heavy atom. The van der Waals surface area contributed by atoms with Crippen LogP contribution in [0.25, 0.3) is 78.9 Å². The number of anilines is 1. The van der Waals surface area contributed by atoms with Crippen LogP contribution in [0.2, 0.25) is 0 Å². The molecule has 66 heavy (non-hydrogen) atoms. The van der Waals surface area contributed by atoms with Crippen molar-refractivity contribution >= 4 is 27.6 Å². The molecule has 0 saturated heterocycles. The maximum atomic E-state index is 11.1. The van der Waals surface area contributed by atoms with E-state index >= 15 is 0 Å². The number of nitrogens with one attached hydrogen (secondary N) is 1. The molecule has 0 spiro atoms. The van der Waals surface area contributed by atoms with Crippen molar-refractivity contribution in [2.24, 2.45) is 11.8 Å². The molecule has 0 atom stereocenters. The fourth-order valence-electron chi connectivity index (χ4n) is 8.32. The van der Waals surface area contributed by atoms with E-state index in [2.05, 4.69) is 198 Å². The third-order valence-corrected chi connectivity index (χ3v) is 11.8. The second-order valence-corrected chi connectivity index (χ2v) is 17.9. The number of nitrogens with zero attached hydrogens (tertiary/aromatic N) is 4. The van der Waals surface area contributed by atoms with Crippen LogP contribution < -0.4 is 5.32 Å². The molecule has 2 N–H and O–H groups in total. The highest BCUT2D eigenvalue weighted by molar-refractivity contribution is 9.10. The van der Waals surface area contributed by atoms with Crippen LogP contribution in [-0.2, 0) is 17.9 Å². The molecule has 9 aromatic rings. The van der Waals surface area contributed by atoms with Crippen molar-refractivity contribution in [2.75, 3.05) is 11.9 Å². The van der Waals surface area contributed by atoms with E-state index in [1.54, 1.807) is 0 Å². The van der Waals surface area contributed by atoms with Gasteiger partial charge in [-0.3, -0.25) is 4.79 Å². The van der Waals surface area contributed by atoms with Crippen LogP contribution in [-0.4, -0.2) is 36.7 Å². The van der Waals surface area contributed by atoms with E-state index in [0.29, 0.717) is 11.8 Å². The van der Waals surface area contributed by atoms with Gasteiger partial charge in [-0.1, -0.05) is 220 Å². The molecule has 0 aliphatic heterocycles. The number of carbonyl (C=O) groups is 1. The number of halogens is 1. The molecule has 7 nitrogen and oxygen atoms in total. The molecule has 0 radical (unpaired) electrons. The number of hydrogen-bond donors (Lipinski definition) is 2. The number of aliphatic carboxylic acids is 1. The van der Waals surface area contributed by atoms with Gasteiger partial charge in [-0.05, 0) is 41.2 Å². The van der Waals surface area contributed by atoms with Gasteiger partial charge in [-0.15, -0.1) is 0 Å². The molecule has 0 fully saturated rings. The van der Waals surface area contributed by atoms with Crippen LogP contribution in [0.1, 0.15) is 27.7 Å². The fourth-order valence-corrected chi connectivity index (χ4v) is 8.78. The zero-order valence-corrected chi connectivity index (χ0v) is 39.4. The molecule has 0 aliphatic rings. The van der Waals surface area contributed by atoms with Crippen molar-refractivity contribution in [2.45, 2.75) is 40.8 Å². The first-order valence-corrected chi connectivity index (χ1v) is 23.3. The predicted molar refractivity (Wildman–Crippen MR) is 276 cm³/mol. The maximum absolute atomic E-state index is 11.1. The SMILES string of the molecule is CC(C)Cn1c(-c2ccccc2-c2cccc(NCC(=O)O)c2)nc(-c2ccccc2)c1-c1ccccc1.CC(C)Cn1c(-c2ccccc2Br)nc(-c2ccccc2)c1-c1ccccc1. The van der Waals surface area contributed by atoms with Crippen molar-refractivity contribution in [3.8, 4) is 78.9 Å². The Morgan fingerprint density at radius 2 is 0.894 bits per heavy atom. The second kappa shape index (κ2) is 21.1. The lowest BCUT2D eigenvalue weighted by Gasteiger charge is -2.17. The van der Waals surface area contributed by atoms with Crippen LogP contribution in [0.3, 0.4) is 0 Å². The average molecular weight is 933 g/mol. The molecule has 0 bridgehead atoms. The molecule has 2 heterocycles. The Hall–Kier alpha value is -7.29.